The molecule has 0 heteroatoms. The summed E-state index contributed by atoms with van der Waals surface area (Å²) in [6, 6.07) is 0. The van der Waals surface area contributed by atoms with Gasteiger partial charge in [0.1, 0.15) is 0 Å². The summed E-state index contributed by atoms with van der Waals surface area (Å²) in [4.78, 5) is 0. The van der Waals surface area contributed by atoms with Crippen molar-refractivity contribution in [3.8, 4) is 0 Å². The molecule has 0 saturated carbocycles. The first-order valence-electron chi connectivity index (χ1n) is 12.2. The maximum absolute atomic E-state index is 2.49. The molecule has 2 atom stereocenters. The van der Waals surface area contributed by atoms with Crippen molar-refractivity contribution in [3.63, 3.8) is 0 Å². The predicted octanol–water partition coefficient (Wildman–Crippen LogP) is 9.71. The van der Waals surface area contributed by atoms with E-state index in [1.165, 1.54) is 122 Å². The molecule has 0 radical (unpaired) electrons. The van der Waals surface area contributed by atoms with Gasteiger partial charge in [-0.1, -0.05) is 143 Å². The van der Waals surface area contributed by atoms with E-state index in [1.54, 1.807) is 0 Å². The fourth-order valence-corrected chi connectivity index (χ4v) is 4.18. The van der Waals surface area contributed by atoms with Crippen LogP contribution in [0.2, 0.25) is 0 Å². The van der Waals surface area contributed by atoms with Gasteiger partial charge in [0.05, 0.1) is 0 Å². The molecule has 25 heavy (non-hydrogen) atoms. The molecule has 0 aliphatic heterocycles. The van der Waals surface area contributed by atoms with Gasteiger partial charge >= 0.3 is 0 Å². The molecule has 0 aromatic carbocycles. The Morgan fingerprint density at radius 3 is 1.00 bits per heavy atom. The minimum absolute atomic E-state index is 0.948. The number of hydrogen-bond donors (Lipinski definition) is 0. The van der Waals surface area contributed by atoms with Crippen molar-refractivity contribution in [2.45, 2.75) is 150 Å². The average Bonchev–Trinajstić information content (AvgIpc) is 2.59. The van der Waals surface area contributed by atoms with Crippen molar-refractivity contribution in [1.82, 2.24) is 0 Å². The van der Waals surface area contributed by atoms with E-state index in [0.717, 1.165) is 11.8 Å². The van der Waals surface area contributed by atoms with E-state index in [4.69, 9.17) is 0 Å². The first-order valence-corrected chi connectivity index (χ1v) is 12.2. The molecule has 0 heterocycles. The molecule has 0 rings (SSSR count). The lowest BCUT2D eigenvalue weighted by atomic mass is 9.89. The Kier molecular flexibility index (Phi) is 20.3. The smallest absolute Gasteiger partial charge is 0.0440 e. The van der Waals surface area contributed by atoms with Gasteiger partial charge in [0.25, 0.3) is 0 Å². The summed E-state index contributed by atoms with van der Waals surface area (Å²) in [6.07, 6.45) is 27.7. The Bertz CT molecular complexity index is 208. The third-order valence-electron chi connectivity index (χ3n) is 5.91. The van der Waals surface area contributed by atoms with Crippen molar-refractivity contribution in [3.05, 3.63) is 0 Å². The number of unbranched alkanes of at least 4 members (excludes halogenated alkanes) is 14. The van der Waals surface area contributed by atoms with E-state index in [-0.39, 0.29) is 0 Å². The van der Waals surface area contributed by atoms with Crippen LogP contribution in [0.5, 0.6) is 0 Å². The summed E-state index contributed by atoms with van der Waals surface area (Å²) in [5, 5.41) is 0. The molecule has 0 saturated heterocycles. The first kappa shape index (κ1) is 25.0. The molecule has 0 unspecified atom stereocenters. The zero-order chi connectivity index (χ0) is 18.6. The number of rotatable bonds is 20. The highest BCUT2D eigenvalue weighted by molar-refractivity contribution is 4.61. The van der Waals surface area contributed by atoms with Crippen LogP contribution in [0.25, 0.3) is 0 Å². The first-order chi connectivity index (χ1) is 12.2. The minimum atomic E-state index is 0.948. The molecule has 0 bridgehead atoms. The van der Waals surface area contributed by atoms with Crippen molar-refractivity contribution < 1.29 is 0 Å². The molecule has 0 fully saturated rings. The molecule has 0 aliphatic carbocycles. The number of hydrogen-bond acceptors (Lipinski definition) is 0. The second-order valence-electron chi connectivity index (χ2n) is 8.97. The van der Waals surface area contributed by atoms with Crippen LogP contribution in [0.3, 0.4) is 0 Å². The molecule has 0 nitrogen and oxygen atoms in total. The van der Waals surface area contributed by atoms with Crippen molar-refractivity contribution in [2.24, 2.45) is 11.8 Å². The molecule has 0 aromatic rings. The van der Waals surface area contributed by atoms with Crippen LogP contribution in [-0.2, 0) is 0 Å². The molecule has 0 amide bonds. The highest BCUT2D eigenvalue weighted by Gasteiger charge is 2.08. The second-order valence-corrected chi connectivity index (χ2v) is 8.97. The largest absolute Gasteiger partial charge is 0.0654 e. The summed E-state index contributed by atoms with van der Waals surface area (Å²) in [7, 11) is 0. The van der Waals surface area contributed by atoms with Gasteiger partial charge in [-0.15, -0.1) is 0 Å². The standard InChI is InChI=1S/C25H52/c1-5-7-9-11-13-15-17-19-21-24(3)23-25(4)22-20-18-16-14-12-10-8-6-2/h24-25H,5-23H2,1-4H3/t24-,25-/m1/s1. The Hall–Kier alpha value is 0. The predicted molar refractivity (Wildman–Crippen MR) is 117 cm³/mol. The van der Waals surface area contributed by atoms with Gasteiger partial charge < -0.3 is 0 Å². The molecule has 152 valence electrons. The summed E-state index contributed by atoms with van der Waals surface area (Å²) in [6.45, 7) is 9.59. The van der Waals surface area contributed by atoms with E-state index in [0.29, 0.717) is 0 Å². The molecule has 0 aromatic heterocycles. The van der Waals surface area contributed by atoms with Crippen LogP contribution < -0.4 is 0 Å². The van der Waals surface area contributed by atoms with Crippen molar-refractivity contribution in [2.75, 3.05) is 0 Å². The van der Waals surface area contributed by atoms with Gasteiger partial charge in [-0.25, -0.2) is 0 Å². The Morgan fingerprint density at radius 1 is 0.400 bits per heavy atom. The van der Waals surface area contributed by atoms with Gasteiger partial charge in [0.15, 0.2) is 0 Å². The zero-order valence-corrected chi connectivity index (χ0v) is 18.6. The minimum Gasteiger partial charge on any atom is -0.0654 e. The average molecular weight is 353 g/mol. The Labute approximate surface area is 161 Å². The van der Waals surface area contributed by atoms with Gasteiger partial charge in [-0.2, -0.15) is 0 Å². The van der Waals surface area contributed by atoms with Crippen LogP contribution in [0.15, 0.2) is 0 Å². The fraction of sp³-hybridized carbons (Fsp3) is 1.00. The summed E-state index contributed by atoms with van der Waals surface area (Å²) in [5.74, 6) is 1.90. The maximum Gasteiger partial charge on any atom is -0.0440 e. The third-order valence-corrected chi connectivity index (χ3v) is 5.91. The SMILES string of the molecule is CCCCCCCCCC[C@@H](C)C[C@H](C)CCCCCCCCCC. The van der Waals surface area contributed by atoms with Crippen molar-refractivity contribution >= 4 is 0 Å². The van der Waals surface area contributed by atoms with Gasteiger partial charge in [-0.05, 0) is 18.3 Å². The van der Waals surface area contributed by atoms with Crippen molar-refractivity contribution in [1.29, 1.82) is 0 Å². The van der Waals surface area contributed by atoms with Gasteiger partial charge in [0.2, 0.25) is 0 Å². The molecular weight excluding hydrogens is 300 g/mol. The molecular formula is C25H52. The lowest BCUT2D eigenvalue weighted by Gasteiger charge is -2.17. The van der Waals surface area contributed by atoms with E-state index in [9.17, 15) is 0 Å². The lowest BCUT2D eigenvalue weighted by molar-refractivity contribution is 0.356. The zero-order valence-electron chi connectivity index (χ0n) is 18.6. The van der Waals surface area contributed by atoms with Gasteiger partial charge in [0, 0.05) is 0 Å². The van der Waals surface area contributed by atoms with Gasteiger partial charge in [-0.3, -0.25) is 0 Å². The summed E-state index contributed by atoms with van der Waals surface area (Å²) < 4.78 is 0. The van der Waals surface area contributed by atoms with Crippen LogP contribution in [0.4, 0.5) is 0 Å². The lowest BCUT2D eigenvalue weighted by Crippen LogP contribution is -2.03. The van der Waals surface area contributed by atoms with Crippen LogP contribution in [-0.4, -0.2) is 0 Å². The van der Waals surface area contributed by atoms with Crippen LogP contribution in [0, 0.1) is 11.8 Å². The Balaban J connectivity index is 3.31. The summed E-state index contributed by atoms with van der Waals surface area (Å²) in [5.41, 5.74) is 0. The van der Waals surface area contributed by atoms with E-state index in [1.807, 2.05) is 0 Å². The normalized spacial score (nSPS) is 13.9. The van der Waals surface area contributed by atoms with E-state index in [2.05, 4.69) is 27.7 Å². The Morgan fingerprint density at radius 2 is 0.680 bits per heavy atom. The third kappa shape index (κ3) is 20.2. The highest BCUT2D eigenvalue weighted by Crippen LogP contribution is 2.23. The fourth-order valence-electron chi connectivity index (χ4n) is 4.18. The topological polar surface area (TPSA) is 0 Å². The van der Waals surface area contributed by atoms with Crippen LogP contribution >= 0.6 is 0 Å². The quantitative estimate of drug-likeness (QED) is 0.191. The molecule has 0 aliphatic rings. The monoisotopic (exact) mass is 352 g/mol. The van der Waals surface area contributed by atoms with E-state index >= 15 is 0 Å². The van der Waals surface area contributed by atoms with E-state index < -0.39 is 0 Å². The molecule has 0 N–H and O–H groups in total. The highest BCUT2D eigenvalue weighted by atomic mass is 14.1. The van der Waals surface area contributed by atoms with Crippen LogP contribution in [0.1, 0.15) is 150 Å². The maximum atomic E-state index is 2.49. The molecule has 0 spiro atoms. The second kappa shape index (κ2) is 20.3. The summed E-state index contributed by atoms with van der Waals surface area (Å²) >= 11 is 0.